The number of benzene rings is 1. The molecule has 1 aliphatic heterocycles. The van der Waals surface area contributed by atoms with Crippen molar-refractivity contribution in [2.75, 3.05) is 33.7 Å². The van der Waals surface area contributed by atoms with E-state index in [-0.39, 0.29) is 17.4 Å². The van der Waals surface area contributed by atoms with E-state index in [1.165, 1.54) is 6.07 Å². The lowest BCUT2D eigenvalue weighted by molar-refractivity contribution is 0.0835. The lowest BCUT2D eigenvalue weighted by atomic mass is 10.0. The Labute approximate surface area is 111 Å². The SMILES string of the molecule is CN1CCCN(C)C(C(=O)c2ccc(F)cc2F)C1. The van der Waals surface area contributed by atoms with Crippen molar-refractivity contribution in [3.63, 3.8) is 0 Å². The van der Waals surface area contributed by atoms with Crippen molar-refractivity contribution < 1.29 is 13.6 Å². The first-order chi connectivity index (χ1) is 8.99. The summed E-state index contributed by atoms with van der Waals surface area (Å²) in [5, 5.41) is 0. The summed E-state index contributed by atoms with van der Waals surface area (Å²) in [6.45, 7) is 2.27. The van der Waals surface area contributed by atoms with Crippen molar-refractivity contribution in [3.8, 4) is 0 Å². The predicted octanol–water partition coefficient (Wildman–Crippen LogP) is 1.78. The summed E-state index contributed by atoms with van der Waals surface area (Å²) >= 11 is 0. The molecule has 2 rings (SSSR count). The van der Waals surface area contributed by atoms with Gasteiger partial charge in [-0.25, -0.2) is 8.78 Å². The van der Waals surface area contributed by atoms with Gasteiger partial charge in [0.1, 0.15) is 11.6 Å². The highest BCUT2D eigenvalue weighted by Crippen LogP contribution is 2.16. The fourth-order valence-corrected chi connectivity index (χ4v) is 2.42. The van der Waals surface area contributed by atoms with Gasteiger partial charge in [0.15, 0.2) is 5.78 Å². The van der Waals surface area contributed by atoms with Crippen molar-refractivity contribution in [3.05, 3.63) is 35.4 Å². The van der Waals surface area contributed by atoms with E-state index in [0.29, 0.717) is 6.54 Å². The third-order valence-corrected chi connectivity index (χ3v) is 3.57. The Balaban J connectivity index is 2.26. The van der Waals surface area contributed by atoms with Gasteiger partial charge in [0.2, 0.25) is 0 Å². The fourth-order valence-electron chi connectivity index (χ4n) is 2.42. The molecule has 0 radical (unpaired) electrons. The number of ketones is 1. The molecule has 1 aromatic rings. The highest BCUT2D eigenvalue weighted by atomic mass is 19.1. The summed E-state index contributed by atoms with van der Waals surface area (Å²) in [4.78, 5) is 16.4. The molecule has 1 saturated heterocycles. The van der Waals surface area contributed by atoms with Crippen LogP contribution >= 0.6 is 0 Å². The molecular formula is C14H18F2N2O. The Morgan fingerprint density at radius 1 is 1.26 bits per heavy atom. The second kappa shape index (κ2) is 5.75. The van der Waals surface area contributed by atoms with E-state index < -0.39 is 11.6 Å². The summed E-state index contributed by atoms with van der Waals surface area (Å²) in [5.74, 6) is -1.74. The van der Waals surface area contributed by atoms with Crippen LogP contribution in [0.5, 0.6) is 0 Å². The molecule has 0 bridgehead atoms. The number of halogens is 2. The maximum atomic E-state index is 13.7. The normalized spacial score (nSPS) is 22.2. The Kier molecular flexibility index (Phi) is 4.27. The van der Waals surface area contributed by atoms with Gasteiger partial charge < -0.3 is 4.90 Å². The van der Waals surface area contributed by atoms with Gasteiger partial charge in [0, 0.05) is 12.6 Å². The van der Waals surface area contributed by atoms with Crippen molar-refractivity contribution in [2.45, 2.75) is 12.5 Å². The zero-order valence-corrected chi connectivity index (χ0v) is 11.2. The average molecular weight is 268 g/mol. The van der Waals surface area contributed by atoms with Crippen molar-refractivity contribution >= 4 is 5.78 Å². The summed E-state index contributed by atoms with van der Waals surface area (Å²) in [7, 11) is 3.81. The van der Waals surface area contributed by atoms with Crippen LogP contribution in [-0.2, 0) is 0 Å². The van der Waals surface area contributed by atoms with E-state index >= 15 is 0 Å². The number of nitrogens with zero attached hydrogens (tertiary/aromatic N) is 2. The van der Waals surface area contributed by atoms with Gasteiger partial charge in [-0.1, -0.05) is 0 Å². The minimum Gasteiger partial charge on any atom is -0.304 e. The summed E-state index contributed by atoms with van der Waals surface area (Å²) in [6, 6.07) is 2.73. The number of Topliss-reactive ketones (excluding diaryl/α,β-unsaturated/α-hetero) is 1. The van der Waals surface area contributed by atoms with Gasteiger partial charge in [-0.2, -0.15) is 0 Å². The zero-order valence-electron chi connectivity index (χ0n) is 11.2. The minimum absolute atomic E-state index is 0.0337. The number of carbonyl (C=O) groups is 1. The number of hydrogen-bond donors (Lipinski definition) is 0. The number of rotatable bonds is 2. The van der Waals surface area contributed by atoms with Crippen LogP contribution in [0.4, 0.5) is 8.78 Å². The summed E-state index contributed by atoms with van der Waals surface area (Å²) in [6.07, 6.45) is 0.975. The molecule has 1 fully saturated rings. The van der Waals surface area contributed by atoms with Crippen LogP contribution in [0.1, 0.15) is 16.8 Å². The van der Waals surface area contributed by atoms with E-state index in [4.69, 9.17) is 0 Å². The molecule has 0 aliphatic carbocycles. The molecule has 3 nitrogen and oxygen atoms in total. The molecule has 1 aliphatic rings. The molecule has 19 heavy (non-hydrogen) atoms. The van der Waals surface area contributed by atoms with Crippen LogP contribution in [-0.4, -0.2) is 55.4 Å². The van der Waals surface area contributed by atoms with E-state index in [1.54, 1.807) is 0 Å². The monoisotopic (exact) mass is 268 g/mol. The molecule has 0 aromatic heterocycles. The quantitative estimate of drug-likeness (QED) is 0.764. The molecule has 1 heterocycles. The highest BCUT2D eigenvalue weighted by Gasteiger charge is 2.29. The molecule has 0 spiro atoms. The second-order valence-corrected chi connectivity index (χ2v) is 5.10. The van der Waals surface area contributed by atoms with Crippen LogP contribution in [0.3, 0.4) is 0 Å². The van der Waals surface area contributed by atoms with Crippen LogP contribution in [0.25, 0.3) is 0 Å². The lowest BCUT2D eigenvalue weighted by Gasteiger charge is -2.26. The third-order valence-electron chi connectivity index (χ3n) is 3.57. The highest BCUT2D eigenvalue weighted by molar-refractivity contribution is 6.00. The molecular weight excluding hydrogens is 250 g/mol. The molecule has 0 N–H and O–H groups in total. The van der Waals surface area contributed by atoms with Gasteiger partial charge in [0.05, 0.1) is 11.6 Å². The second-order valence-electron chi connectivity index (χ2n) is 5.10. The zero-order chi connectivity index (χ0) is 14.0. The molecule has 1 unspecified atom stereocenters. The van der Waals surface area contributed by atoms with Crippen LogP contribution in [0, 0.1) is 11.6 Å². The summed E-state index contributed by atoms with van der Waals surface area (Å²) in [5.41, 5.74) is -0.0337. The smallest absolute Gasteiger partial charge is 0.184 e. The van der Waals surface area contributed by atoms with Crippen LogP contribution in [0.15, 0.2) is 18.2 Å². The summed E-state index contributed by atoms with van der Waals surface area (Å²) < 4.78 is 26.6. The number of likely N-dealkylation sites (N-methyl/N-ethyl adjacent to an activating group) is 2. The van der Waals surface area contributed by atoms with Crippen LogP contribution < -0.4 is 0 Å². The average Bonchev–Trinajstić information content (AvgIpc) is 2.50. The van der Waals surface area contributed by atoms with Gasteiger partial charge in [-0.05, 0) is 45.7 Å². The van der Waals surface area contributed by atoms with Gasteiger partial charge in [-0.15, -0.1) is 0 Å². The van der Waals surface area contributed by atoms with Crippen LogP contribution in [0.2, 0.25) is 0 Å². The topological polar surface area (TPSA) is 23.6 Å². The molecule has 0 amide bonds. The van der Waals surface area contributed by atoms with E-state index in [2.05, 4.69) is 4.90 Å². The minimum atomic E-state index is -0.787. The largest absolute Gasteiger partial charge is 0.304 e. The number of carbonyl (C=O) groups excluding carboxylic acids is 1. The Hall–Kier alpha value is -1.33. The first-order valence-corrected chi connectivity index (χ1v) is 6.37. The molecule has 0 saturated carbocycles. The van der Waals surface area contributed by atoms with E-state index in [0.717, 1.165) is 31.6 Å². The number of hydrogen-bond acceptors (Lipinski definition) is 3. The van der Waals surface area contributed by atoms with Gasteiger partial charge >= 0.3 is 0 Å². The van der Waals surface area contributed by atoms with Gasteiger partial charge in [-0.3, -0.25) is 9.69 Å². The van der Waals surface area contributed by atoms with E-state index in [1.807, 2.05) is 19.0 Å². The molecule has 5 heteroatoms. The first kappa shape index (κ1) is 14.1. The van der Waals surface area contributed by atoms with Crippen molar-refractivity contribution in [1.82, 2.24) is 9.80 Å². The van der Waals surface area contributed by atoms with Gasteiger partial charge in [0.25, 0.3) is 0 Å². The molecule has 1 aromatic carbocycles. The van der Waals surface area contributed by atoms with Crippen molar-refractivity contribution in [2.24, 2.45) is 0 Å². The molecule has 104 valence electrons. The maximum absolute atomic E-state index is 13.7. The Morgan fingerprint density at radius 2 is 2.00 bits per heavy atom. The maximum Gasteiger partial charge on any atom is 0.184 e. The Morgan fingerprint density at radius 3 is 2.68 bits per heavy atom. The first-order valence-electron chi connectivity index (χ1n) is 6.37. The van der Waals surface area contributed by atoms with E-state index in [9.17, 15) is 13.6 Å². The van der Waals surface area contributed by atoms with Crippen molar-refractivity contribution in [1.29, 1.82) is 0 Å². The Bertz CT molecular complexity index is 479. The molecule has 1 atom stereocenters. The standard InChI is InChI=1S/C14H18F2N2O/c1-17-6-3-7-18(2)13(9-17)14(19)11-5-4-10(15)8-12(11)16/h4-5,8,13H,3,6-7,9H2,1-2H3. The third kappa shape index (κ3) is 3.16. The fraction of sp³-hybridized carbons (Fsp3) is 0.500. The predicted molar refractivity (Wildman–Crippen MR) is 69.2 cm³/mol. The lowest BCUT2D eigenvalue weighted by Crippen LogP contribution is -2.44.